The minimum Gasteiger partial charge on any atom is -0.495 e. The predicted molar refractivity (Wildman–Crippen MR) is 112 cm³/mol. The van der Waals surface area contributed by atoms with E-state index in [-0.39, 0.29) is 22.2 Å². The third kappa shape index (κ3) is 4.24. The molecule has 10 heteroatoms. The summed E-state index contributed by atoms with van der Waals surface area (Å²) in [5.41, 5.74) is 2.65. The minimum absolute atomic E-state index is 0.0636. The van der Waals surface area contributed by atoms with Crippen LogP contribution in [0.1, 0.15) is 33.6 Å². The SMILES string of the molecule is COc1cc2c(cc1S(=O)(=O)NC(=O)c1ccc(Cn3cccn3)c(OC)n1)CCC2. The number of nitrogens with zero attached hydrogens (tertiary/aromatic N) is 3. The van der Waals surface area contributed by atoms with Crippen LogP contribution in [0.3, 0.4) is 0 Å². The van der Waals surface area contributed by atoms with Crippen LogP contribution in [0.2, 0.25) is 0 Å². The highest BCUT2D eigenvalue weighted by molar-refractivity contribution is 7.90. The second kappa shape index (κ2) is 8.38. The van der Waals surface area contributed by atoms with Gasteiger partial charge in [-0.25, -0.2) is 18.1 Å². The number of carbonyl (C=O) groups is 1. The molecule has 1 aliphatic carbocycles. The molecule has 0 radical (unpaired) electrons. The van der Waals surface area contributed by atoms with Crippen LogP contribution in [0.15, 0.2) is 47.6 Å². The summed E-state index contributed by atoms with van der Waals surface area (Å²) in [7, 11) is -1.32. The van der Waals surface area contributed by atoms with Crippen molar-refractivity contribution in [3.63, 3.8) is 0 Å². The molecule has 0 saturated heterocycles. The number of nitrogens with one attached hydrogen (secondary N) is 1. The number of fused-ring (bicyclic) bond motifs is 1. The Hall–Kier alpha value is -3.40. The fraction of sp³-hybridized carbons (Fsp3) is 0.286. The Morgan fingerprint density at radius 1 is 1.16 bits per heavy atom. The lowest BCUT2D eigenvalue weighted by atomic mass is 10.1. The maximum absolute atomic E-state index is 12.9. The third-order valence-electron chi connectivity index (χ3n) is 5.15. The van der Waals surface area contributed by atoms with E-state index in [0.717, 1.165) is 30.4 Å². The molecule has 0 bridgehead atoms. The molecule has 0 atom stereocenters. The van der Waals surface area contributed by atoms with Crippen LogP contribution in [0, 0.1) is 0 Å². The summed E-state index contributed by atoms with van der Waals surface area (Å²) in [6.45, 7) is 0.399. The number of aryl methyl sites for hydroxylation is 2. The maximum atomic E-state index is 12.9. The monoisotopic (exact) mass is 442 g/mol. The number of sulfonamides is 1. The van der Waals surface area contributed by atoms with Gasteiger partial charge in [-0.05, 0) is 60.7 Å². The first-order valence-electron chi connectivity index (χ1n) is 9.69. The molecule has 9 nitrogen and oxygen atoms in total. The molecule has 2 aromatic heterocycles. The van der Waals surface area contributed by atoms with Gasteiger partial charge in [0.1, 0.15) is 16.3 Å². The molecule has 1 aromatic carbocycles. The van der Waals surface area contributed by atoms with Crippen molar-refractivity contribution in [1.82, 2.24) is 19.5 Å². The van der Waals surface area contributed by atoms with Crippen molar-refractivity contribution in [2.45, 2.75) is 30.7 Å². The Bertz CT molecular complexity index is 1220. The van der Waals surface area contributed by atoms with Crippen molar-refractivity contribution in [1.29, 1.82) is 0 Å². The van der Waals surface area contributed by atoms with Crippen LogP contribution in [0.4, 0.5) is 0 Å². The van der Waals surface area contributed by atoms with Crippen molar-refractivity contribution in [2.75, 3.05) is 14.2 Å². The molecule has 0 unspecified atom stereocenters. The lowest BCUT2D eigenvalue weighted by Gasteiger charge is -2.13. The van der Waals surface area contributed by atoms with Gasteiger partial charge in [-0.2, -0.15) is 5.10 Å². The Morgan fingerprint density at radius 3 is 2.61 bits per heavy atom. The molecule has 4 rings (SSSR count). The molecule has 162 valence electrons. The number of ether oxygens (including phenoxy) is 2. The van der Waals surface area contributed by atoms with Crippen LogP contribution in [-0.4, -0.2) is 43.3 Å². The summed E-state index contributed by atoms with van der Waals surface area (Å²) in [6.07, 6.45) is 6.08. The number of hydrogen-bond donors (Lipinski definition) is 1. The van der Waals surface area contributed by atoms with Gasteiger partial charge in [0, 0.05) is 18.0 Å². The number of benzene rings is 1. The summed E-state index contributed by atoms with van der Waals surface area (Å²) >= 11 is 0. The fourth-order valence-electron chi connectivity index (χ4n) is 3.64. The van der Waals surface area contributed by atoms with Gasteiger partial charge in [0.2, 0.25) is 5.88 Å². The smallest absolute Gasteiger partial charge is 0.283 e. The average molecular weight is 442 g/mol. The van der Waals surface area contributed by atoms with Crippen molar-refractivity contribution >= 4 is 15.9 Å². The predicted octanol–water partition coefficient (Wildman–Crippen LogP) is 1.95. The minimum atomic E-state index is -4.16. The number of pyridine rings is 1. The average Bonchev–Trinajstić information content (AvgIpc) is 3.44. The Morgan fingerprint density at radius 2 is 1.94 bits per heavy atom. The van der Waals surface area contributed by atoms with E-state index in [0.29, 0.717) is 12.1 Å². The Labute approximate surface area is 180 Å². The van der Waals surface area contributed by atoms with E-state index < -0.39 is 15.9 Å². The highest BCUT2D eigenvalue weighted by atomic mass is 32.2. The van der Waals surface area contributed by atoms with Crippen LogP contribution >= 0.6 is 0 Å². The normalized spacial score (nSPS) is 13.0. The first-order chi connectivity index (χ1) is 14.9. The zero-order chi connectivity index (χ0) is 22.0. The summed E-state index contributed by atoms with van der Waals surface area (Å²) in [5.74, 6) is -0.428. The Balaban J connectivity index is 1.59. The summed E-state index contributed by atoms with van der Waals surface area (Å²) in [5, 5.41) is 4.13. The Kier molecular flexibility index (Phi) is 5.64. The van der Waals surface area contributed by atoms with Crippen LogP contribution in [0.5, 0.6) is 11.6 Å². The van der Waals surface area contributed by atoms with Crippen molar-refractivity contribution in [3.05, 3.63) is 65.1 Å². The first-order valence-corrected chi connectivity index (χ1v) is 11.2. The van der Waals surface area contributed by atoms with E-state index in [2.05, 4.69) is 14.8 Å². The molecule has 1 N–H and O–H groups in total. The molecule has 31 heavy (non-hydrogen) atoms. The number of amides is 1. The summed E-state index contributed by atoms with van der Waals surface area (Å²) < 4.78 is 40.2. The van der Waals surface area contributed by atoms with Crippen LogP contribution < -0.4 is 14.2 Å². The van der Waals surface area contributed by atoms with E-state index in [1.165, 1.54) is 20.3 Å². The van der Waals surface area contributed by atoms with E-state index in [4.69, 9.17) is 9.47 Å². The highest BCUT2D eigenvalue weighted by Crippen LogP contribution is 2.32. The van der Waals surface area contributed by atoms with Gasteiger partial charge < -0.3 is 9.47 Å². The van der Waals surface area contributed by atoms with Crippen molar-refractivity contribution in [2.24, 2.45) is 0 Å². The number of rotatable bonds is 7. The van der Waals surface area contributed by atoms with Crippen LogP contribution in [-0.2, 0) is 29.4 Å². The molecule has 1 amide bonds. The summed E-state index contributed by atoms with van der Waals surface area (Å²) in [4.78, 5) is 16.8. The fourth-order valence-corrected chi connectivity index (χ4v) is 4.80. The molecule has 3 aromatic rings. The van der Waals surface area contributed by atoms with Gasteiger partial charge in [0.25, 0.3) is 15.9 Å². The zero-order valence-electron chi connectivity index (χ0n) is 17.2. The maximum Gasteiger partial charge on any atom is 0.283 e. The summed E-state index contributed by atoms with van der Waals surface area (Å²) in [6, 6.07) is 8.21. The molecular formula is C21H22N4O5S. The van der Waals surface area contributed by atoms with Gasteiger partial charge in [-0.1, -0.05) is 0 Å². The number of aromatic nitrogens is 3. The standard InChI is InChI=1S/C21H22N4O5S/c1-29-18-11-14-5-3-6-15(14)12-19(18)31(27,28)24-20(26)17-8-7-16(21(23-17)30-2)13-25-10-4-9-22-25/h4,7-12H,3,5-6,13H2,1-2H3,(H,24,26). The molecular weight excluding hydrogens is 420 g/mol. The van der Waals surface area contributed by atoms with E-state index >= 15 is 0 Å². The second-order valence-electron chi connectivity index (χ2n) is 7.13. The molecule has 0 spiro atoms. The third-order valence-corrected chi connectivity index (χ3v) is 6.50. The number of hydrogen-bond acceptors (Lipinski definition) is 7. The lowest BCUT2D eigenvalue weighted by molar-refractivity contribution is 0.0975. The van der Waals surface area contributed by atoms with Crippen LogP contribution in [0.25, 0.3) is 0 Å². The topological polar surface area (TPSA) is 112 Å². The second-order valence-corrected chi connectivity index (χ2v) is 8.78. The van der Waals surface area contributed by atoms with E-state index in [1.54, 1.807) is 41.3 Å². The zero-order valence-corrected chi connectivity index (χ0v) is 18.0. The molecule has 1 aliphatic rings. The van der Waals surface area contributed by atoms with Gasteiger partial charge in [0.15, 0.2) is 0 Å². The van der Waals surface area contributed by atoms with Gasteiger partial charge >= 0.3 is 0 Å². The van der Waals surface area contributed by atoms with Gasteiger partial charge in [-0.3, -0.25) is 9.48 Å². The first kappa shape index (κ1) is 20.9. The largest absolute Gasteiger partial charge is 0.495 e. The van der Waals surface area contributed by atoms with Gasteiger partial charge in [-0.15, -0.1) is 0 Å². The molecule has 0 aliphatic heterocycles. The molecule has 0 fully saturated rings. The van der Waals surface area contributed by atoms with E-state index in [1.807, 2.05) is 0 Å². The van der Waals surface area contributed by atoms with Gasteiger partial charge in [0.05, 0.1) is 20.8 Å². The van der Waals surface area contributed by atoms with Crippen molar-refractivity contribution < 1.29 is 22.7 Å². The van der Waals surface area contributed by atoms with E-state index in [9.17, 15) is 13.2 Å². The lowest BCUT2D eigenvalue weighted by Crippen LogP contribution is -2.31. The number of methoxy groups -OCH3 is 2. The number of carbonyl (C=O) groups excluding carboxylic acids is 1. The molecule has 2 heterocycles. The highest BCUT2D eigenvalue weighted by Gasteiger charge is 2.27. The van der Waals surface area contributed by atoms with Crippen molar-refractivity contribution in [3.8, 4) is 11.6 Å². The molecule has 0 saturated carbocycles. The quantitative estimate of drug-likeness (QED) is 0.595.